The molecule has 0 radical (unpaired) electrons. The van der Waals surface area contributed by atoms with Gasteiger partial charge in [-0.3, -0.25) is 19.3 Å². The van der Waals surface area contributed by atoms with Crippen LogP contribution in [0.3, 0.4) is 0 Å². The maximum absolute atomic E-state index is 14.2. The Balaban J connectivity index is 1.78. The van der Waals surface area contributed by atoms with E-state index in [-0.39, 0.29) is 47.1 Å². The van der Waals surface area contributed by atoms with E-state index < -0.39 is 11.5 Å². The fourth-order valence-corrected chi connectivity index (χ4v) is 6.84. The quantitative estimate of drug-likeness (QED) is 0.404. The Kier molecular flexibility index (Phi) is 11.1. The minimum Gasteiger partial charge on any atom is -0.344 e. The van der Waals surface area contributed by atoms with Gasteiger partial charge in [-0.2, -0.15) is 0 Å². The summed E-state index contributed by atoms with van der Waals surface area (Å²) in [4.78, 5) is 47.6. The third-order valence-electron chi connectivity index (χ3n) is 9.62. The van der Waals surface area contributed by atoms with Crippen LogP contribution in [0.5, 0.6) is 0 Å². The first-order chi connectivity index (χ1) is 19.2. The van der Waals surface area contributed by atoms with Crippen LogP contribution in [-0.2, 0) is 19.8 Å². The Morgan fingerprint density at radius 3 is 2.12 bits per heavy atom. The standard InChI is InChI=1S/C34H56N4O3/c1-10-26(34(7,8)25-17-12-11-13-18-25)30(39)35-29(33(4,5)6)32(41)36(9)28(24(2)3)23-38-22-16-19-27(38)31(40)37-20-14-15-21-37/h11-13,17-18,24,26-29H,10,14-16,19-23H2,1-9H3,(H,35,39)/t26?,27-,28+,29+/m0/s1. The van der Waals surface area contributed by atoms with E-state index in [0.717, 1.165) is 50.9 Å². The van der Waals surface area contributed by atoms with Gasteiger partial charge < -0.3 is 15.1 Å². The van der Waals surface area contributed by atoms with Crippen LogP contribution in [0.1, 0.15) is 93.1 Å². The van der Waals surface area contributed by atoms with E-state index in [1.165, 1.54) is 0 Å². The number of carbonyl (C=O) groups is 3. The number of likely N-dealkylation sites (N-methyl/N-ethyl adjacent to an activating group) is 1. The van der Waals surface area contributed by atoms with Gasteiger partial charge in [0.1, 0.15) is 6.04 Å². The number of rotatable bonds is 11. The molecule has 3 rings (SSSR count). The van der Waals surface area contributed by atoms with Gasteiger partial charge in [-0.15, -0.1) is 0 Å². The summed E-state index contributed by atoms with van der Waals surface area (Å²) in [5.74, 6) is 0.0148. The third kappa shape index (κ3) is 7.71. The molecule has 2 aliphatic rings. The van der Waals surface area contributed by atoms with Crippen molar-refractivity contribution in [3.8, 4) is 0 Å². The lowest BCUT2D eigenvalue weighted by atomic mass is 9.71. The van der Waals surface area contributed by atoms with Gasteiger partial charge >= 0.3 is 0 Å². The molecule has 1 aromatic rings. The molecule has 7 nitrogen and oxygen atoms in total. The summed E-state index contributed by atoms with van der Waals surface area (Å²) < 4.78 is 0. The number of nitrogens with one attached hydrogen (secondary N) is 1. The molecule has 4 atom stereocenters. The minimum absolute atomic E-state index is 0.0704. The third-order valence-corrected chi connectivity index (χ3v) is 9.62. The first-order valence-electron chi connectivity index (χ1n) is 15.9. The average molecular weight is 569 g/mol. The van der Waals surface area contributed by atoms with Gasteiger partial charge in [0, 0.05) is 44.1 Å². The molecule has 0 aromatic heterocycles. The number of likely N-dealkylation sites (tertiary alicyclic amines) is 2. The molecule has 0 bridgehead atoms. The van der Waals surface area contributed by atoms with Crippen LogP contribution in [0.15, 0.2) is 30.3 Å². The van der Waals surface area contributed by atoms with E-state index in [2.05, 4.69) is 50.0 Å². The summed E-state index contributed by atoms with van der Waals surface area (Å²) in [6.45, 7) is 19.9. The topological polar surface area (TPSA) is 73.0 Å². The van der Waals surface area contributed by atoms with Gasteiger partial charge in [-0.25, -0.2) is 0 Å². The van der Waals surface area contributed by atoms with Crippen LogP contribution in [0.2, 0.25) is 0 Å². The van der Waals surface area contributed by atoms with Gasteiger partial charge in [0.15, 0.2) is 0 Å². The molecule has 1 aromatic carbocycles. The van der Waals surface area contributed by atoms with Crippen LogP contribution in [0.4, 0.5) is 0 Å². The molecule has 7 heteroatoms. The van der Waals surface area contributed by atoms with E-state index in [0.29, 0.717) is 13.0 Å². The number of hydrogen-bond donors (Lipinski definition) is 1. The van der Waals surface area contributed by atoms with Gasteiger partial charge in [0.2, 0.25) is 17.7 Å². The lowest BCUT2D eigenvalue weighted by Crippen LogP contribution is -2.60. The summed E-state index contributed by atoms with van der Waals surface area (Å²) in [6, 6.07) is 9.32. The zero-order valence-electron chi connectivity index (χ0n) is 27.2. The second-order valence-corrected chi connectivity index (χ2v) is 14.3. The van der Waals surface area contributed by atoms with Crippen LogP contribution in [-0.4, -0.2) is 83.8 Å². The van der Waals surface area contributed by atoms with Crippen molar-refractivity contribution in [1.29, 1.82) is 0 Å². The molecule has 230 valence electrons. The monoisotopic (exact) mass is 568 g/mol. The molecule has 0 saturated carbocycles. The molecule has 0 spiro atoms. The molecular weight excluding hydrogens is 512 g/mol. The highest BCUT2D eigenvalue weighted by Crippen LogP contribution is 2.35. The second kappa shape index (κ2) is 13.7. The van der Waals surface area contributed by atoms with Crippen LogP contribution in [0, 0.1) is 17.3 Å². The van der Waals surface area contributed by atoms with Crippen molar-refractivity contribution in [2.45, 2.75) is 111 Å². The van der Waals surface area contributed by atoms with E-state index in [1.807, 2.05) is 62.7 Å². The molecule has 1 N–H and O–H groups in total. The van der Waals surface area contributed by atoms with E-state index in [9.17, 15) is 14.4 Å². The first kappa shape index (κ1) is 33.1. The molecule has 2 saturated heterocycles. The Morgan fingerprint density at radius 1 is 0.976 bits per heavy atom. The molecule has 2 fully saturated rings. The highest BCUT2D eigenvalue weighted by Gasteiger charge is 2.43. The fraction of sp³-hybridized carbons (Fsp3) is 0.735. The first-order valence-corrected chi connectivity index (χ1v) is 15.9. The van der Waals surface area contributed by atoms with Crippen molar-refractivity contribution in [2.75, 3.05) is 33.2 Å². The van der Waals surface area contributed by atoms with Crippen LogP contribution < -0.4 is 5.32 Å². The number of hydrogen-bond acceptors (Lipinski definition) is 4. The lowest BCUT2D eigenvalue weighted by Gasteiger charge is -2.41. The molecular formula is C34H56N4O3. The largest absolute Gasteiger partial charge is 0.344 e. The van der Waals surface area contributed by atoms with E-state index >= 15 is 0 Å². The molecule has 3 amide bonds. The lowest BCUT2D eigenvalue weighted by molar-refractivity contribution is -0.143. The fourth-order valence-electron chi connectivity index (χ4n) is 6.84. The van der Waals surface area contributed by atoms with E-state index in [1.54, 1.807) is 0 Å². The zero-order valence-corrected chi connectivity index (χ0v) is 27.2. The highest BCUT2D eigenvalue weighted by molar-refractivity contribution is 5.90. The summed E-state index contributed by atoms with van der Waals surface area (Å²) in [5.41, 5.74) is 0.255. The summed E-state index contributed by atoms with van der Waals surface area (Å²) in [6.07, 6.45) is 4.74. The Bertz CT molecular complexity index is 1030. The van der Waals surface area contributed by atoms with Crippen molar-refractivity contribution >= 4 is 17.7 Å². The SMILES string of the molecule is CCC(C(=O)N[C@H](C(=O)N(C)[C@H](CN1CCC[C@H]1C(=O)N1CCCC1)C(C)C)C(C)(C)C)C(C)(C)c1ccccc1. The minimum atomic E-state index is -0.664. The second-order valence-electron chi connectivity index (χ2n) is 14.3. The van der Waals surface area contributed by atoms with Gasteiger partial charge in [0.05, 0.1) is 6.04 Å². The number of carbonyl (C=O) groups excluding carboxylic acids is 3. The Labute approximate surface area is 249 Å². The van der Waals surface area contributed by atoms with Crippen molar-refractivity contribution in [3.05, 3.63) is 35.9 Å². The van der Waals surface area contributed by atoms with Crippen molar-refractivity contribution in [1.82, 2.24) is 20.0 Å². The normalized spacial score (nSPS) is 20.6. The Morgan fingerprint density at radius 2 is 1.59 bits per heavy atom. The maximum Gasteiger partial charge on any atom is 0.245 e. The Hall–Kier alpha value is -2.41. The number of nitrogens with zero attached hydrogens (tertiary/aromatic N) is 3. The van der Waals surface area contributed by atoms with Crippen molar-refractivity contribution < 1.29 is 14.4 Å². The summed E-state index contributed by atoms with van der Waals surface area (Å²) in [7, 11) is 1.87. The molecule has 2 heterocycles. The molecule has 0 aliphatic carbocycles. The molecule has 2 aliphatic heterocycles. The van der Waals surface area contributed by atoms with Gasteiger partial charge in [-0.05, 0) is 55.5 Å². The molecule has 1 unspecified atom stereocenters. The smallest absolute Gasteiger partial charge is 0.245 e. The van der Waals surface area contributed by atoms with E-state index in [4.69, 9.17) is 0 Å². The summed E-state index contributed by atoms with van der Waals surface area (Å²) >= 11 is 0. The highest BCUT2D eigenvalue weighted by atomic mass is 16.2. The van der Waals surface area contributed by atoms with Crippen LogP contribution in [0.25, 0.3) is 0 Å². The summed E-state index contributed by atoms with van der Waals surface area (Å²) in [5, 5.41) is 3.21. The van der Waals surface area contributed by atoms with Crippen molar-refractivity contribution in [3.63, 3.8) is 0 Å². The van der Waals surface area contributed by atoms with Crippen LogP contribution >= 0.6 is 0 Å². The van der Waals surface area contributed by atoms with Gasteiger partial charge in [-0.1, -0.05) is 85.7 Å². The maximum atomic E-state index is 14.2. The molecule has 41 heavy (non-hydrogen) atoms. The predicted octanol–water partition coefficient (Wildman–Crippen LogP) is 5.09. The zero-order chi connectivity index (χ0) is 30.5. The van der Waals surface area contributed by atoms with Crippen molar-refractivity contribution in [2.24, 2.45) is 17.3 Å². The number of amides is 3. The predicted molar refractivity (Wildman–Crippen MR) is 166 cm³/mol. The average Bonchev–Trinajstić information content (AvgIpc) is 3.62. The number of benzene rings is 1. The van der Waals surface area contributed by atoms with Gasteiger partial charge in [0.25, 0.3) is 0 Å².